The maximum absolute atomic E-state index is 11.3. The number of carbonyl (C=O) groups excluding carboxylic acids is 1. The number of rotatable bonds is 4. The summed E-state index contributed by atoms with van der Waals surface area (Å²) in [6, 6.07) is 1.89. The number of furan rings is 1. The third-order valence-corrected chi connectivity index (χ3v) is 3.17. The SMILES string of the molecule is COC(=O)c1csc(N(C)Cc2ccoc2)n1. The highest BCUT2D eigenvalue weighted by Crippen LogP contribution is 2.21. The molecule has 0 aliphatic heterocycles. The molecule has 0 radical (unpaired) electrons. The molecular weight excluding hydrogens is 240 g/mol. The number of thiazole rings is 1. The van der Waals surface area contributed by atoms with Crippen molar-refractivity contribution in [2.45, 2.75) is 6.54 Å². The zero-order chi connectivity index (χ0) is 12.3. The molecule has 0 N–H and O–H groups in total. The second-order valence-electron chi connectivity index (χ2n) is 3.49. The van der Waals surface area contributed by atoms with Crippen LogP contribution in [0, 0.1) is 0 Å². The normalized spacial score (nSPS) is 10.2. The van der Waals surface area contributed by atoms with Gasteiger partial charge >= 0.3 is 5.97 Å². The average molecular weight is 252 g/mol. The van der Waals surface area contributed by atoms with Crippen LogP contribution >= 0.6 is 11.3 Å². The molecule has 0 aliphatic carbocycles. The Morgan fingerprint density at radius 3 is 3.12 bits per heavy atom. The first-order valence-corrected chi connectivity index (χ1v) is 5.84. The lowest BCUT2D eigenvalue weighted by Gasteiger charge is -2.13. The van der Waals surface area contributed by atoms with Crippen molar-refractivity contribution in [1.29, 1.82) is 0 Å². The van der Waals surface area contributed by atoms with Crippen LogP contribution in [0.15, 0.2) is 28.4 Å². The molecule has 0 unspecified atom stereocenters. The van der Waals surface area contributed by atoms with Gasteiger partial charge in [-0.05, 0) is 6.07 Å². The Bertz CT molecular complexity index is 493. The standard InChI is InChI=1S/C11H12N2O3S/c1-13(5-8-3-4-16-6-8)11-12-9(7-17-11)10(14)15-2/h3-4,6-7H,5H2,1-2H3. The van der Waals surface area contributed by atoms with E-state index in [0.717, 1.165) is 10.7 Å². The monoisotopic (exact) mass is 252 g/mol. The number of methoxy groups -OCH3 is 1. The molecule has 2 rings (SSSR count). The van der Waals surface area contributed by atoms with Gasteiger partial charge in [0.25, 0.3) is 0 Å². The Hall–Kier alpha value is -1.82. The van der Waals surface area contributed by atoms with E-state index in [1.54, 1.807) is 17.9 Å². The van der Waals surface area contributed by atoms with Crippen LogP contribution in [-0.4, -0.2) is 25.1 Å². The number of hydrogen-bond acceptors (Lipinski definition) is 6. The number of aromatic nitrogens is 1. The third-order valence-electron chi connectivity index (χ3n) is 2.21. The van der Waals surface area contributed by atoms with Crippen molar-refractivity contribution < 1.29 is 13.9 Å². The average Bonchev–Trinajstić information content (AvgIpc) is 2.98. The Morgan fingerprint density at radius 1 is 1.65 bits per heavy atom. The number of nitrogens with zero attached hydrogens (tertiary/aromatic N) is 2. The first kappa shape index (κ1) is 11.7. The van der Waals surface area contributed by atoms with Crippen molar-refractivity contribution in [2.75, 3.05) is 19.1 Å². The molecular formula is C11H12N2O3S. The van der Waals surface area contributed by atoms with Crippen molar-refractivity contribution in [3.8, 4) is 0 Å². The molecule has 17 heavy (non-hydrogen) atoms. The van der Waals surface area contributed by atoms with Crippen LogP contribution in [-0.2, 0) is 11.3 Å². The highest BCUT2D eigenvalue weighted by atomic mass is 32.1. The molecule has 5 nitrogen and oxygen atoms in total. The van der Waals surface area contributed by atoms with Gasteiger partial charge in [0.1, 0.15) is 0 Å². The molecule has 0 saturated heterocycles. The van der Waals surface area contributed by atoms with Crippen molar-refractivity contribution in [1.82, 2.24) is 4.98 Å². The highest BCUT2D eigenvalue weighted by molar-refractivity contribution is 7.13. The van der Waals surface area contributed by atoms with Crippen LogP contribution in [0.3, 0.4) is 0 Å². The van der Waals surface area contributed by atoms with Crippen LogP contribution in [0.2, 0.25) is 0 Å². The largest absolute Gasteiger partial charge is 0.472 e. The molecule has 0 amide bonds. The summed E-state index contributed by atoms with van der Waals surface area (Å²) in [6.07, 6.45) is 3.32. The number of carbonyl (C=O) groups is 1. The number of ether oxygens (including phenoxy) is 1. The van der Waals surface area contributed by atoms with Crippen LogP contribution < -0.4 is 4.90 Å². The van der Waals surface area contributed by atoms with E-state index in [4.69, 9.17) is 4.42 Å². The van der Waals surface area contributed by atoms with Gasteiger partial charge in [0.15, 0.2) is 10.8 Å². The van der Waals surface area contributed by atoms with E-state index in [0.29, 0.717) is 12.2 Å². The fourth-order valence-electron chi connectivity index (χ4n) is 1.36. The molecule has 0 bridgehead atoms. The molecule has 6 heteroatoms. The summed E-state index contributed by atoms with van der Waals surface area (Å²) >= 11 is 1.41. The van der Waals surface area contributed by atoms with Gasteiger partial charge in [0, 0.05) is 24.5 Å². The fourth-order valence-corrected chi connectivity index (χ4v) is 2.12. The van der Waals surface area contributed by atoms with Crippen molar-refractivity contribution in [3.63, 3.8) is 0 Å². The predicted molar refractivity (Wildman–Crippen MR) is 64.3 cm³/mol. The van der Waals surface area contributed by atoms with Gasteiger partial charge in [-0.15, -0.1) is 11.3 Å². The summed E-state index contributed by atoms with van der Waals surface area (Å²) in [5.41, 5.74) is 1.40. The molecule has 2 heterocycles. The second-order valence-corrected chi connectivity index (χ2v) is 4.33. The smallest absolute Gasteiger partial charge is 0.357 e. The van der Waals surface area contributed by atoms with E-state index in [9.17, 15) is 4.79 Å². The molecule has 0 aliphatic rings. The summed E-state index contributed by atoms with van der Waals surface area (Å²) in [5.74, 6) is -0.413. The van der Waals surface area contributed by atoms with Gasteiger partial charge in [0.05, 0.1) is 19.6 Å². The van der Waals surface area contributed by atoms with Gasteiger partial charge < -0.3 is 14.1 Å². The molecule has 0 saturated carbocycles. The molecule has 0 atom stereocenters. The van der Waals surface area contributed by atoms with Gasteiger partial charge in [-0.1, -0.05) is 0 Å². The number of anilines is 1. The predicted octanol–water partition coefficient (Wildman–Crippen LogP) is 2.16. The number of hydrogen-bond donors (Lipinski definition) is 0. The van der Waals surface area contributed by atoms with Gasteiger partial charge in [-0.2, -0.15) is 0 Å². The van der Waals surface area contributed by atoms with Gasteiger partial charge in [-0.3, -0.25) is 0 Å². The molecule has 2 aromatic rings. The van der Waals surface area contributed by atoms with Gasteiger partial charge in [-0.25, -0.2) is 9.78 Å². The summed E-state index contributed by atoms with van der Waals surface area (Å²) < 4.78 is 9.60. The minimum absolute atomic E-state index is 0.339. The van der Waals surface area contributed by atoms with Crippen molar-refractivity contribution in [3.05, 3.63) is 35.2 Å². The van der Waals surface area contributed by atoms with E-state index in [1.165, 1.54) is 18.4 Å². The van der Waals surface area contributed by atoms with E-state index in [2.05, 4.69) is 9.72 Å². The van der Waals surface area contributed by atoms with E-state index >= 15 is 0 Å². The summed E-state index contributed by atoms with van der Waals surface area (Å²) in [7, 11) is 3.25. The first-order chi connectivity index (χ1) is 8.20. The lowest BCUT2D eigenvalue weighted by Crippen LogP contribution is -2.16. The summed E-state index contributed by atoms with van der Waals surface area (Å²) in [6.45, 7) is 0.685. The van der Waals surface area contributed by atoms with Crippen molar-refractivity contribution >= 4 is 22.4 Å². The van der Waals surface area contributed by atoms with E-state index in [-0.39, 0.29) is 0 Å². The second kappa shape index (κ2) is 5.01. The lowest BCUT2D eigenvalue weighted by molar-refractivity contribution is 0.0595. The van der Waals surface area contributed by atoms with Gasteiger partial charge in [0.2, 0.25) is 0 Å². The Balaban J connectivity index is 2.07. The minimum atomic E-state index is -0.413. The Labute approximate surface area is 103 Å². The van der Waals surface area contributed by atoms with E-state index in [1.807, 2.05) is 18.0 Å². The fraction of sp³-hybridized carbons (Fsp3) is 0.273. The molecule has 0 aromatic carbocycles. The minimum Gasteiger partial charge on any atom is -0.472 e. The maximum atomic E-state index is 11.3. The lowest BCUT2D eigenvalue weighted by atomic mass is 10.3. The van der Waals surface area contributed by atoms with Crippen LogP contribution in [0.25, 0.3) is 0 Å². The zero-order valence-corrected chi connectivity index (χ0v) is 10.4. The molecule has 0 fully saturated rings. The molecule has 2 aromatic heterocycles. The molecule has 90 valence electrons. The van der Waals surface area contributed by atoms with E-state index < -0.39 is 5.97 Å². The first-order valence-electron chi connectivity index (χ1n) is 4.96. The Kier molecular flexibility index (Phi) is 3.43. The zero-order valence-electron chi connectivity index (χ0n) is 9.54. The highest BCUT2D eigenvalue weighted by Gasteiger charge is 2.13. The van der Waals surface area contributed by atoms with Crippen LogP contribution in [0.5, 0.6) is 0 Å². The topological polar surface area (TPSA) is 55.6 Å². The van der Waals surface area contributed by atoms with Crippen LogP contribution in [0.1, 0.15) is 16.1 Å². The summed E-state index contributed by atoms with van der Waals surface area (Å²) in [5, 5.41) is 2.46. The van der Waals surface area contributed by atoms with Crippen molar-refractivity contribution in [2.24, 2.45) is 0 Å². The Morgan fingerprint density at radius 2 is 2.47 bits per heavy atom. The maximum Gasteiger partial charge on any atom is 0.357 e. The quantitative estimate of drug-likeness (QED) is 0.780. The summed E-state index contributed by atoms with van der Waals surface area (Å²) in [4.78, 5) is 17.4. The van der Waals surface area contributed by atoms with Crippen LogP contribution in [0.4, 0.5) is 5.13 Å². The molecule has 0 spiro atoms. The third kappa shape index (κ3) is 2.65. The number of esters is 1.